The van der Waals surface area contributed by atoms with E-state index >= 15 is 0 Å². The zero-order valence-electron chi connectivity index (χ0n) is 10.9. The van der Waals surface area contributed by atoms with E-state index < -0.39 is 0 Å². The van der Waals surface area contributed by atoms with Crippen molar-refractivity contribution >= 4 is 11.6 Å². The third kappa shape index (κ3) is 3.23. The van der Waals surface area contributed by atoms with E-state index in [1.54, 1.807) is 7.11 Å². The third-order valence-electron chi connectivity index (χ3n) is 3.48. The van der Waals surface area contributed by atoms with Crippen LogP contribution < -0.4 is 5.32 Å². The van der Waals surface area contributed by atoms with E-state index in [4.69, 9.17) is 21.1 Å². The van der Waals surface area contributed by atoms with Crippen molar-refractivity contribution in [1.82, 2.24) is 5.32 Å². The maximum absolute atomic E-state index is 6.19. The van der Waals surface area contributed by atoms with E-state index in [9.17, 15) is 0 Å². The molecule has 1 aromatic rings. The number of ether oxygens (including phenoxy) is 2. The van der Waals surface area contributed by atoms with Gasteiger partial charge < -0.3 is 14.8 Å². The van der Waals surface area contributed by atoms with E-state index in [1.807, 2.05) is 24.3 Å². The van der Waals surface area contributed by atoms with Gasteiger partial charge in [0.05, 0.1) is 12.2 Å². The average Bonchev–Trinajstić information content (AvgIpc) is 2.78. The molecule has 1 N–H and O–H groups in total. The van der Waals surface area contributed by atoms with Gasteiger partial charge in [-0.05, 0) is 19.4 Å². The Hall–Kier alpha value is -0.610. The zero-order valence-corrected chi connectivity index (χ0v) is 11.6. The molecule has 0 bridgehead atoms. The second-order valence-electron chi connectivity index (χ2n) is 4.63. The monoisotopic (exact) mass is 269 g/mol. The highest BCUT2D eigenvalue weighted by molar-refractivity contribution is 6.31. The average molecular weight is 270 g/mol. The first kappa shape index (κ1) is 13.8. The van der Waals surface area contributed by atoms with E-state index in [-0.39, 0.29) is 12.2 Å². The van der Waals surface area contributed by atoms with Crippen molar-refractivity contribution in [2.24, 2.45) is 0 Å². The van der Waals surface area contributed by atoms with Crippen molar-refractivity contribution in [3.63, 3.8) is 0 Å². The summed E-state index contributed by atoms with van der Waals surface area (Å²) in [6.45, 7) is 3.68. The molecule has 100 valence electrons. The summed E-state index contributed by atoms with van der Waals surface area (Å²) in [5, 5.41) is 4.25. The fraction of sp³-hybridized carbons (Fsp3) is 0.571. The Bertz CT molecular complexity index is 386. The van der Waals surface area contributed by atoms with E-state index in [0.29, 0.717) is 6.04 Å². The van der Waals surface area contributed by atoms with Crippen LogP contribution in [0.3, 0.4) is 0 Å². The predicted octanol–water partition coefficient (Wildman–Crippen LogP) is 2.79. The number of rotatable bonds is 5. The lowest BCUT2D eigenvalue weighted by Gasteiger charge is -2.22. The van der Waals surface area contributed by atoms with Crippen LogP contribution in [-0.4, -0.2) is 32.4 Å². The molecule has 0 spiro atoms. The lowest BCUT2D eigenvalue weighted by atomic mass is 10.1. The fourth-order valence-electron chi connectivity index (χ4n) is 2.31. The first-order valence-corrected chi connectivity index (χ1v) is 6.72. The molecule has 18 heavy (non-hydrogen) atoms. The third-order valence-corrected chi connectivity index (χ3v) is 3.82. The van der Waals surface area contributed by atoms with Crippen LogP contribution in [0.5, 0.6) is 0 Å². The number of halogens is 1. The Labute approximate surface area is 113 Å². The topological polar surface area (TPSA) is 30.5 Å². The standard InChI is InChI=1S/C14H20ClNO2/c1-10-13(7-8-18-10)16-9-14(17-2)11-5-3-4-6-12(11)15/h3-6,10,13-14,16H,7-9H2,1-2H3/t10-,13-,14-/m1/s1. The molecule has 4 heteroatoms. The molecule has 1 heterocycles. The highest BCUT2D eigenvalue weighted by Crippen LogP contribution is 2.25. The summed E-state index contributed by atoms with van der Waals surface area (Å²) in [5.41, 5.74) is 1.03. The fourth-order valence-corrected chi connectivity index (χ4v) is 2.57. The number of hydrogen-bond acceptors (Lipinski definition) is 3. The molecule has 1 aliphatic heterocycles. The summed E-state index contributed by atoms with van der Waals surface area (Å²) < 4.78 is 11.1. The highest BCUT2D eigenvalue weighted by Gasteiger charge is 2.25. The zero-order chi connectivity index (χ0) is 13.0. The van der Waals surface area contributed by atoms with Gasteiger partial charge in [-0.2, -0.15) is 0 Å². The van der Waals surface area contributed by atoms with Gasteiger partial charge in [0, 0.05) is 36.9 Å². The summed E-state index contributed by atoms with van der Waals surface area (Å²) in [7, 11) is 1.71. The van der Waals surface area contributed by atoms with Crippen LogP contribution in [0.4, 0.5) is 0 Å². The molecule has 1 fully saturated rings. The quantitative estimate of drug-likeness (QED) is 0.892. The van der Waals surface area contributed by atoms with Crippen molar-refractivity contribution in [3.05, 3.63) is 34.9 Å². The molecule has 1 aromatic carbocycles. The van der Waals surface area contributed by atoms with Gasteiger partial charge in [0.15, 0.2) is 0 Å². The molecule has 3 nitrogen and oxygen atoms in total. The molecule has 2 rings (SSSR count). The van der Waals surface area contributed by atoms with Crippen molar-refractivity contribution in [3.8, 4) is 0 Å². The van der Waals surface area contributed by atoms with E-state index in [1.165, 1.54) is 0 Å². The Kier molecular flexibility index (Phi) is 5.01. The Morgan fingerprint density at radius 1 is 1.50 bits per heavy atom. The van der Waals surface area contributed by atoms with Crippen molar-refractivity contribution in [2.75, 3.05) is 20.3 Å². The van der Waals surface area contributed by atoms with Gasteiger partial charge in [0.25, 0.3) is 0 Å². The second-order valence-corrected chi connectivity index (χ2v) is 5.03. The minimum Gasteiger partial charge on any atom is -0.377 e. The lowest BCUT2D eigenvalue weighted by molar-refractivity contribution is 0.0868. The summed E-state index contributed by atoms with van der Waals surface area (Å²) >= 11 is 6.19. The number of nitrogens with one attached hydrogen (secondary N) is 1. The second kappa shape index (κ2) is 6.53. The van der Waals surface area contributed by atoms with Gasteiger partial charge in [0.1, 0.15) is 0 Å². The van der Waals surface area contributed by atoms with Crippen molar-refractivity contribution in [2.45, 2.75) is 31.6 Å². The molecule has 0 amide bonds. The molecule has 3 atom stereocenters. The van der Waals surface area contributed by atoms with Crippen LogP contribution in [0, 0.1) is 0 Å². The van der Waals surface area contributed by atoms with Crippen molar-refractivity contribution < 1.29 is 9.47 Å². The first-order valence-electron chi connectivity index (χ1n) is 6.34. The summed E-state index contributed by atoms with van der Waals surface area (Å²) in [4.78, 5) is 0. The molecular weight excluding hydrogens is 250 g/mol. The van der Waals surface area contributed by atoms with Gasteiger partial charge in [-0.3, -0.25) is 0 Å². The number of hydrogen-bond donors (Lipinski definition) is 1. The molecule has 1 aliphatic rings. The molecule has 0 saturated carbocycles. The highest BCUT2D eigenvalue weighted by atomic mass is 35.5. The predicted molar refractivity (Wildman–Crippen MR) is 73.0 cm³/mol. The van der Waals surface area contributed by atoms with Gasteiger partial charge in [-0.15, -0.1) is 0 Å². The van der Waals surface area contributed by atoms with Crippen LogP contribution >= 0.6 is 11.6 Å². The smallest absolute Gasteiger partial charge is 0.0959 e. The lowest BCUT2D eigenvalue weighted by Crippen LogP contribution is -2.37. The Morgan fingerprint density at radius 2 is 2.28 bits per heavy atom. The van der Waals surface area contributed by atoms with Crippen LogP contribution in [-0.2, 0) is 9.47 Å². The van der Waals surface area contributed by atoms with E-state index in [0.717, 1.165) is 30.2 Å². The van der Waals surface area contributed by atoms with Crippen LogP contribution in [0.15, 0.2) is 24.3 Å². The van der Waals surface area contributed by atoms with Gasteiger partial charge in [0.2, 0.25) is 0 Å². The largest absolute Gasteiger partial charge is 0.377 e. The minimum absolute atomic E-state index is 0.0218. The van der Waals surface area contributed by atoms with Crippen molar-refractivity contribution in [1.29, 1.82) is 0 Å². The van der Waals surface area contributed by atoms with Gasteiger partial charge in [-0.25, -0.2) is 0 Å². The Morgan fingerprint density at radius 3 is 2.89 bits per heavy atom. The SMILES string of the molecule is CO[C@H](CN[C@@H]1CCO[C@@H]1C)c1ccccc1Cl. The summed E-state index contributed by atoms with van der Waals surface area (Å²) in [6.07, 6.45) is 1.31. The minimum atomic E-state index is -0.0218. The molecule has 1 saturated heterocycles. The Balaban J connectivity index is 1.95. The van der Waals surface area contributed by atoms with Crippen LogP contribution in [0.2, 0.25) is 5.02 Å². The van der Waals surface area contributed by atoms with E-state index in [2.05, 4.69) is 12.2 Å². The number of benzene rings is 1. The molecule has 0 aromatic heterocycles. The molecule has 0 unspecified atom stereocenters. The van der Waals surface area contributed by atoms with Gasteiger partial charge in [-0.1, -0.05) is 29.8 Å². The summed E-state index contributed by atoms with van der Waals surface area (Å²) in [6, 6.07) is 8.22. The maximum atomic E-state index is 6.19. The van der Waals surface area contributed by atoms with Gasteiger partial charge >= 0.3 is 0 Å². The van der Waals surface area contributed by atoms with Crippen LogP contribution in [0.1, 0.15) is 25.0 Å². The summed E-state index contributed by atoms with van der Waals surface area (Å²) in [5.74, 6) is 0. The molecule has 0 aliphatic carbocycles. The van der Waals surface area contributed by atoms with Crippen LogP contribution in [0.25, 0.3) is 0 Å². The molecule has 0 radical (unpaired) electrons. The number of methoxy groups -OCH3 is 1. The maximum Gasteiger partial charge on any atom is 0.0959 e. The first-order chi connectivity index (χ1) is 8.72. The molecular formula is C14H20ClNO2. The normalized spacial score (nSPS) is 25.3.